The summed E-state index contributed by atoms with van der Waals surface area (Å²) in [5.74, 6) is -1.20. The van der Waals surface area contributed by atoms with E-state index in [9.17, 15) is 17.2 Å². The van der Waals surface area contributed by atoms with Crippen LogP contribution in [0.2, 0.25) is 0 Å². The maximum Gasteiger partial charge on any atom is 0.263 e. The molecule has 5 nitrogen and oxygen atoms in total. The predicted molar refractivity (Wildman–Crippen MR) is 69.3 cm³/mol. The van der Waals surface area contributed by atoms with Gasteiger partial charge < -0.3 is 5.73 Å². The molecule has 1 heterocycles. The number of nitrogens with two attached hydrogens (primary N) is 1. The minimum atomic E-state index is -3.93. The van der Waals surface area contributed by atoms with Crippen LogP contribution >= 0.6 is 0 Å². The van der Waals surface area contributed by atoms with E-state index in [0.717, 1.165) is 30.5 Å². The third kappa shape index (κ3) is 3.09. The summed E-state index contributed by atoms with van der Waals surface area (Å²) < 4.78 is 52.2. The molecule has 106 valence electrons. The lowest BCUT2D eigenvalue weighted by Gasteiger charge is -2.08. The van der Waals surface area contributed by atoms with Crippen molar-refractivity contribution in [3.05, 3.63) is 53.7 Å². The lowest BCUT2D eigenvalue weighted by atomic mass is 10.2. The molecule has 1 aromatic carbocycles. The Morgan fingerprint density at radius 2 is 1.95 bits per heavy atom. The van der Waals surface area contributed by atoms with E-state index in [1.54, 1.807) is 0 Å². The number of nitrogens with one attached hydrogen (secondary N) is 1. The van der Waals surface area contributed by atoms with Crippen molar-refractivity contribution in [1.29, 1.82) is 0 Å². The molecule has 0 spiro atoms. The Morgan fingerprint density at radius 1 is 1.20 bits per heavy atom. The van der Waals surface area contributed by atoms with Crippen LogP contribution in [-0.4, -0.2) is 13.4 Å². The Kier molecular flexibility index (Phi) is 3.96. The first-order valence-corrected chi connectivity index (χ1v) is 7.03. The molecule has 2 rings (SSSR count). The number of anilines is 1. The molecule has 0 atom stereocenters. The Bertz CT molecular complexity index is 718. The summed E-state index contributed by atoms with van der Waals surface area (Å²) in [6, 6.07) is 5.53. The first-order chi connectivity index (χ1) is 9.42. The van der Waals surface area contributed by atoms with E-state index < -0.39 is 21.7 Å². The van der Waals surface area contributed by atoms with Crippen molar-refractivity contribution >= 4 is 15.8 Å². The molecule has 8 heteroatoms. The standard InChI is InChI=1S/C12H11F2N3O2S/c13-9-1-4-12(16-7-9)17-20(18,19)10-2-3-11(14)8(5-10)6-15/h1-5,7H,6,15H2,(H,16,17). The van der Waals surface area contributed by atoms with Crippen LogP contribution in [0.25, 0.3) is 0 Å². The molecule has 0 unspecified atom stereocenters. The highest BCUT2D eigenvalue weighted by Crippen LogP contribution is 2.17. The molecule has 0 bridgehead atoms. The van der Waals surface area contributed by atoms with E-state index in [1.807, 2.05) is 0 Å². The van der Waals surface area contributed by atoms with Crippen molar-refractivity contribution in [2.45, 2.75) is 11.4 Å². The Labute approximate surface area is 114 Å². The van der Waals surface area contributed by atoms with Gasteiger partial charge in [-0.25, -0.2) is 22.2 Å². The van der Waals surface area contributed by atoms with Crippen LogP contribution in [0.3, 0.4) is 0 Å². The maximum absolute atomic E-state index is 13.3. The summed E-state index contributed by atoms with van der Waals surface area (Å²) in [5.41, 5.74) is 5.41. The summed E-state index contributed by atoms with van der Waals surface area (Å²) in [6.45, 7) is -0.121. The second kappa shape index (κ2) is 5.51. The van der Waals surface area contributed by atoms with Gasteiger partial charge in [-0.15, -0.1) is 0 Å². The van der Waals surface area contributed by atoms with Crippen molar-refractivity contribution < 1.29 is 17.2 Å². The molecular formula is C12H11F2N3O2S. The fourth-order valence-corrected chi connectivity index (χ4v) is 2.57. The number of hydrogen-bond donors (Lipinski definition) is 2. The van der Waals surface area contributed by atoms with Crippen molar-refractivity contribution in [2.24, 2.45) is 5.73 Å². The largest absolute Gasteiger partial charge is 0.326 e. The first-order valence-electron chi connectivity index (χ1n) is 5.55. The molecule has 0 radical (unpaired) electrons. The van der Waals surface area contributed by atoms with Crippen LogP contribution in [0.5, 0.6) is 0 Å². The van der Waals surface area contributed by atoms with E-state index in [4.69, 9.17) is 5.73 Å². The fraction of sp³-hybridized carbons (Fsp3) is 0.0833. The molecule has 20 heavy (non-hydrogen) atoms. The molecule has 0 amide bonds. The summed E-state index contributed by atoms with van der Waals surface area (Å²) in [6.07, 6.45) is 0.883. The van der Waals surface area contributed by atoms with Gasteiger partial charge >= 0.3 is 0 Å². The van der Waals surface area contributed by atoms with Crippen LogP contribution < -0.4 is 10.5 Å². The molecular weight excluding hydrogens is 288 g/mol. The van der Waals surface area contributed by atoms with Crippen molar-refractivity contribution in [3.63, 3.8) is 0 Å². The topological polar surface area (TPSA) is 85.1 Å². The quantitative estimate of drug-likeness (QED) is 0.898. The number of nitrogens with zero attached hydrogens (tertiary/aromatic N) is 1. The normalized spacial score (nSPS) is 11.3. The molecule has 0 saturated heterocycles. The smallest absolute Gasteiger partial charge is 0.263 e. The number of rotatable bonds is 4. The molecule has 0 aliphatic carbocycles. The third-order valence-electron chi connectivity index (χ3n) is 2.51. The zero-order valence-corrected chi connectivity index (χ0v) is 11.0. The molecule has 0 saturated carbocycles. The van der Waals surface area contributed by atoms with E-state index in [0.29, 0.717) is 0 Å². The molecule has 0 aliphatic heterocycles. The van der Waals surface area contributed by atoms with Crippen LogP contribution in [0.15, 0.2) is 41.4 Å². The number of aromatic nitrogens is 1. The Morgan fingerprint density at radius 3 is 2.55 bits per heavy atom. The van der Waals surface area contributed by atoms with Gasteiger partial charge in [-0.2, -0.15) is 0 Å². The highest BCUT2D eigenvalue weighted by Gasteiger charge is 2.16. The van der Waals surface area contributed by atoms with Gasteiger partial charge in [0.05, 0.1) is 11.1 Å². The summed E-state index contributed by atoms with van der Waals surface area (Å²) in [5, 5.41) is 0. The van der Waals surface area contributed by atoms with Gasteiger partial charge in [-0.3, -0.25) is 4.72 Å². The molecule has 3 N–H and O–H groups in total. The number of halogens is 2. The van der Waals surface area contributed by atoms with Gasteiger partial charge in [-0.1, -0.05) is 0 Å². The molecule has 2 aromatic rings. The fourth-order valence-electron chi connectivity index (χ4n) is 1.51. The van der Waals surface area contributed by atoms with Crippen molar-refractivity contribution in [1.82, 2.24) is 4.98 Å². The number of sulfonamides is 1. The SMILES string of the molecule is NCc1cc(S(=O)(=O)Nc2ccc(F)cn2)ccc1F. The number of pyridine rings is 1. The van der Waals surface area contributed by atoms with Gasteiger partial charge in [-0.05, 0) is 30.3 Å². The average molecular weight is 299 g/mol. The van der Waals surface area contributed by atoms with Gasteiger partial charge in [0.15, 0.2) is 0 Å². The number of benzene rings is 1. The van der Waals surface area contributed by atoms with Crippen molar-refractivity contribution in [2.75, 3.05) is 4.72 Å². The van der Waals surface area contributed by atoms with E-state index in [1.165, 1.54) is 6.07 Å². The molecule has 0 fully saturated rings. The lowest BCUT2D eigenvalue weighted by Crippen LogP contribution is -2.15. The van der Waals surface area contributed by atoms with Crippen LogP contribution in [0.4, 0.5) is 14.6 Å². The highest BCUT2D eigenvalue weighted by molar-refractivity contribution is 7.92. The summed E-state index contributed by atoms with van der Waals surface area (Å²) in [7, 11) is -3.93. The zero-order valence-electron chi connectivity index (χ0n) is 10.2. The molecule has 1 aromatic heterocycles. The van der Waals surface area contributed by atoms with Gasteiger partial charge in [0.1, 0.15) is 17.5 Å². The predicted octanol–water partition coefficient (Wildman–Crippen LogP) is 1.62. The van der Waals surface area contributed by atoms with E-state index >= 15 is 0 Å². The van der Waals surface area contributed by atoms with Gasteiger partial charge in [0.25, 0.3) is 10.0 Å². The highest BCUT2D eigenvalue weighted by atomic mass is 32.2. The lowest BCUT2D eigenvalue weighted by molar-refractivity contribution is 0.595. The van der Waals surface area contributed by atoms with E-state index in [2.05, 4.69) is 9.71 Å². The van der Waals surface area contributed by atoms with E-state index in [-0.39, 0.29) is 22.8 Å². The van der Waals surface area contributed by atoms with Crippen LogP contribution in [0.1, 0.15) is 5.56 Å². The number of hydrogen-bond acceptors (Lipinski definition) is 4. The summed E-state index contributed by atoms with van der Waals surface area (Å²) in [4.78, 5) is 3.44. The third-order valence-corrected chi connectivity index (χ3v) is 3.87. The first kappa shape index (κ1) is 14.4. The van der Waals surface area contributed by atoms with Gasteiger partial charge in [0.2, 0.25) is 0 Å². The molecule has 0 aliphatic rings. The minimum Gasteiger partial charge on any atom is -0.326 e. The second-order valence-corrected chi connectivity index (χ2v) is 5.61. The maximum atomic E-state index is 13.3. The Hall–Kier alpha value is -2.06. The minimum absolute atomic E-state index is 0.0370. The monoisotopic (exact) mass is 299 g/mol. The van der Waals surface area contributed by atoms with Gasteiger partial charge in [0, 0.05) is 12.1 Å². The Balaban J connectivity index is 2.33. The summed E-state index contributed by atoms with van der Waals surface area (Å²) >= 11 is 0. The van der Waals surface area contributed by atoms with Crippen molar-refractivity contribution in [3.8, 4) is 0 Å². The van der Waals surface area contributed by atoms with Crippen LogP contribution in [-0.2, 0) is 16.6 Å². The average Bonchev–Trinajstić information content (AvgIpc) is 2.41. The zero-order chi connectivity index (χ0) is 14.8. The van der Waals surface area contributed by atoms with Crippen LogP contribution in [0, 0.1) is 11.6 Å². The second-order valence-electron chi connectivity index (χ2n) is 3.92.